The first-order chi connectivity index (χ1) is 18.0. The van der Waals surface area contributed by atoms with Crippen molar-refractivity contribution in [2.75, 3.05) is 32.7 Å². The minimum Gasteiger partial charge on any atom is -0.357 e. The molecule has 1 aliphatic carbocycles. The van der Waals surface area contributed by atoms with Crippen LogP contribution in [0.1, 0.15) is 49.1 Å². The number of unbranched alkanes of at least 4 members (excludes halogenated alkanes) is 1. The van der Waals surface area contributed by atoms with Crippen LogP contribution >= 0.6 is 23.5 Å². The smallest absolute Gasteiger partial charge is 0.238 e. The first-order valence-electron chi connectivity index (χ1n) is 12.6. The van der Waals surface area contributed by atoms with Gasteiger partial charge in [-0.3, -0.25) is 20.7 Å². The van der Waals surface area contributed by atoms with Gasteiger partial charge in [0.05, 0.1) is 11.6 Å². The van der Waals surface area contributed by atoms with Crippen molar-refractivity contribution in [2.24, 2.45) is 0 Å². The molecule has 1 fully saturated rings. The van der Waals surface area contributed by atoms with Crippen molar-refractivity contribution in [3.63, 3.8) is 0 Å². The second-order valence-corrected chi connectivity index (χ2v) is 10.5. The van der Waals surface area contributed by atoms with Crippen molar-refractivity contribution in [3.8, 4) is 0 Å². The molecule has 1 amide bonds. The molecule has 0 radical (unpaired) electrons. The van der Waals surface area contributed by atoms with Crippen molar-refractivity contribution in [3.05, 3.63) is 69.9 Å². The topological polar surface area (TPSA) is 107 Å². The molecule has 2 aliphatic rings. The lowest BCUT2D eigenvalue weighted by atomic mass is 10.1. The number of amidine groups is 1. The van der Waals surface area contributed by atoms with Gasteiger partial charge in [0.25, 0.3) is 0 Å². The zero-order chi connectivity index (χ0) is 26.8. The fourth-order valence-electron chi connectivity index (χ4n) is 4.34. The third-order valence-corrected chi connectivity index (χ3v) is 7.62. The van der Waals surface area contributed by atoms with Crippen LogP contribution in [0.15, 0.2) is 52.5 Å². The molecule has 1 aliphatic heterocycles. The molecule has 8 nitrogen and oxygen atoms in total. The number of aromatic nitrogens is 1. The summed E-state index contributed by atoms with van der Waals surface area (Å²) >= 11 is 7.79. The van der Waals surface area contributed by atoms with Gasteiger partial charge in [-0.25, -0.2) is 4.31 Å². The standard InChI is InChI=1S/C27H34ClN5OS.H2O2/c1-3-5-13-31(4-2)27(29)21-11-9-20(10-12-21)18-32-14-15-33(19-26(32)34)35-25-16-22-7-6-8-23(28)17-24(22)30-25;1-2/h6,8-12,16-17,29-30H,3-5,7,13-15,18-19H2,1-2H3;1-2H. The van der Waals surface area contributed by atoms with E-state index < -0.39 is 0 Å². The first-order valence-corrected chi connectivity index (χ1v) is 13.7. The van der Waals surface area contributed by atoms with Crippen LogP contribution in [0.25, 0.3) is 6.08 Å². The Kier molecular flexibility index (Phi) is 11.3. The van der Waals surface area contributed by atoms with E-state index in [9.17, 15) is 4.79 Å². The van der Waals surface area contributed by atoms with Crippen molar-refractivity contribution >= 4 is 41.4 Å². The van der Waals surface area contributed by atoms with Gasteiger partial charge in [0.1, 0.15) is 5.84 Å². The lowest BCUT2D eigenvalue weighted by molar-refractivity contribution is -0.176. The van der Waals surface area contributed by atoms with Crippen LogP contribution in [0.5, 0.6) is 0 Å². The molecule has 10 heteroatoms. The minimum atomic E-state index is 0.135. The molecule has 1 aromatic heterocycles. The number of rotatable bonds is 9. The molecule has 2 aromatic rings. The second-order valence-electron chi connectivity index (χ2n) is 8.96. The average Bonchev–Trinajstić information content (AvgIpc) is 3.18. The van der Waals surface area contributed by atoms with Gasteiger partial charge in [-0.2, -0.15) is 0 Å². The van der Waals surface area contributed by atoms with Gasteiger partial charge in [0, 0.05) is 49.0 Å². The maximum absolute atomic E-state index is 12.9. The molecule has 4 N–H and O–H groups in total. The summed E-state index contributed by atoms with van der Waals surface area (Å²) in [4.78, 5) is 20.3. The van der Waals surface area contributed by atoms with Crippen molar-refractivity contribution < 1.29 is 15.3 Å². The summed E-state index contributed by atoms with van der Waals surface area (Å²) in [6, 6.07) is 10.3. The normalized spacial score (nSPS) is 15.4. The highest BCUT2D eigenvalue weighted by molar-refractivity contribution is 7.97. The van der Waals surface area contributed by atoms with Crippen LogP contribution in [-0.2, 0) is 17.8 Å². The number of nitrogens with zero attached hydrogens (tertiary/aromatic N) is 3. The maximum atomic E-state index is 12.9. The molecule has 0 spiro atoms. The van der Waals surface area contributed by atoms with Crippen molar-refractivity contribution in [1.29, 1.82) is 5.41 Å². The van der Waals surface area contributed by atoms with Crippen molar-refractivity contribution in [2.45, 2.75) is 44.7 Å². The lowest BCUT2D eigenvalue weighted by Crippen LogP contribution is -2.47. The Hall–Kier alpha value is -2.56. The number of carbonyl (C=O) groups excluding carboxylic acids is 1. The number of carbonyl (C=O) groups is 1. The van der Waals surface area contributed by atoms with E-state index in [0.29, 0.717) is 25.5 Å². The van der Waals surface area contributed by atoms with Gasteiger partial charge < -0.3 is 14.8 Å². The van der Waals surface area contributed by atoms with E-state index in [1.165, 1.54) is 5.56 Å². The Bertz CT molecular complexity index is 1120. The zero-order valence-electron chi connectivity index (χ0n) is 21.4. The van der Waals surface area contributed by atoms with Crippen LogP contribution in [0.2, 0.25) is 0 Å². The second kappa shape index (κ2) is 14.4. The monoisotopic (exact) mass is 545 g/mol. The number of amides is 1. The molecule has 37 heavy (non-hydrogen) atoms. The molecule has 1 saturated heterocycles. The highest BCUT2D eigenvalue weighted by atomic mass is 35.5. The van der Waals surface area contributed by atoms with E-state index in [1.807, 2.05) is 41.3 Å². The first kappa shape index (κ1) is 29.0. The summed E-state index contributed by atoms with van der Waals surface area (Å²) in [5.41, 5.74) is 4.28. The molecule has 200 valence electrons. The summed E-state index contributed by atoms with van der Waals surface area (Å²) in [5, 5.41) is 22.3. The third-order valence-electron chi connectivity index (χ3n) is 6.40. The number of fused-ring (bicyclic) bond motifs is 1. The quantitative estimate of drug-likeness (QED) is 0.109. The van der Waals surface area contributed by atoms with Crippen molar-refractivity contribution in [1.82, 2.24) is 19.1 Å². The molecule has 1 aromatic carbocycles. The number of allylic oxidation sites excluding steroid dienone is 3. The molecule has 0 bridgehead atoms. The lowest BCUT2D eigenvalue weighted by Gasteiger charge is -2.33. The molecular weight excluding hydrogens is 510 g/mol. The van der Waals surface area contributed by atoms with Crippen LogP contribution in [0.3, 0.4) is 0 Å². The summed E-state index contributed by atoms with van der Waals surface area (Å²) in [6.45, 7) is 8.51. The molecule has 0 atom stereocenters. The Morgan fingerprint density at radius 2 is 1.97 bits per heavy atom. The highest BCUT2D eigenvalue weighted by Gasteiger charge is 2.25. The van der Waals surface area contributed by atoms with Gasteiger partial charge >= 0.3 is 0 Å². The van der Waals surface area contributed by atoms with Gasteiger partial charge in [-0.15, -0.1) is 0 Å². The fourth-order valence-corrected chi connectivity index (χ4v) is 5.51. The Balaban J connectivity index is 0.00000186. The van der Waals surface area contributed by atoms with Gasteiger partial charge in [-0.1, -0.05) is 55.3 Å². The fraction of sp³-hybridized carbons (Fsp3) is 0.407. The summed E-state index contributed by atoms with van der Waals surface area (Å²) < 4.78 is 2.12. The molecule has 4 rings (SSSR count). The van der Waals surface area contributed by atoms with E-state index in [0.717, 1.165) is 65.8 Å². The Morgan fingerprint density at radius 1 is 1.22 bits per heavy atom. The Labute approximate surface area is 228 Å². The van der Waals surface area contributed by atoms with E-state index in [2.05, 4.69) is 40.2 Å². The van der Waals surface area contributed by atoms with Gasteiger partial charge in [0.2, 0.25) is 5.91 Å². The van der Waals surface area contributed by atoms with E-state index >= 15 is 0 Å². The number of hydrogen-bond donors (Lipinski definition) is 4. The summed E-state index contributed by atoms with van der Waals surface area (Å²) in [5.74, 6) is 0.709. The third kappa shape index (κ3) is 7.96. The average molecular weight is 546 g/mol. The largest absolute Gasteiger partial charge is 0.357 e. The highest BCUT2D eigenvalue weighted by Crippen LogP contribution is 2.29. The molecule has 2 heterocycles. The van der Waals surface area contributed by atoms with Crippen LogP contribution in [0.4, 0.5) is 0 Å². The van der Waals surface area contributed by atoms with Crippen LogP contribution in [0, 0.1) is 5.41 Å². The minimum absolute atomic E-state index is 0.135. The zero-order valence-corrected chi connectivity index (χ0v) is 23.0. The van der Waals surface area contributed by atoms with Gasteiger partial charge in [-0.05, 0) is 61.1 Å². The number of hydrogen-bond acceptors (Lipinski definition) is 6. The maximum Gasteiger partial charge on any atom is 0.238 e. The van der Waals surface area contributed by atoms with Gasteiger partial charge in [0.15, 0.2) is 0 Å². The number of benzene rings is 1. The van der Waals surface area contributed by atoms with E-state index in [1.54, 1.807) is 11.9 Å². The number of nitrogens with one attached hydrogen (secondary N) is 2. The number of halogens is 1. The number of aromatic amines is 1. The SMILES string of the molecule is CCCCN(CC)C(=N)c1ccc(CN2CCN(Sc3cc4c([nH]3)C=C(Cl)C=CC4)CC2=O)cc1.OO. The number of H-pyrrole nitrogens is 1. The summed E-state index contributed by atoms with van der Waals surface area (Å²) in [7, 11) is 0. The molecule has 0 unspecified atom stereocenters. The predicted molar refractivity (Wildman–Crippen MR) is 151 cm³/mol. The van der Waals surface area contributed by atoms with Crippen LogP contribution in [-0.4, -0.2) is 74.1 Å². The van der Waals surface area contributed by atoms with E-state index in [4.69, 9.17) is 27.5 Å². The summed E-state index contributed by atoms with van der Waals surface area (Å²) in [6.07, 6.45) is 9.00. The Morgan fingerprint density at radius 3 is 2.65 bits per heavy atom. The number of piperazine rings is 1. The van der Waals surface area contributed by atoms with Crippen LogP contribution < -0.4 is 0 Å². The molecular formula is C27H36ClN5O3S. The molecule has 0 saturated carbocycles. The predicted octanol–water partition coefficient (Wildman–Crippen LogP) is 5.52. The van der Waals surface area contributed by atoms with E-state index in [-0.39, 0.29) is 5.91 Å².